The van der Waals surface area contributed by atoms with E-state index < -0.39 is 11.6 Å². The van der Waals surface area contributed by atoms with E-state index in [0.29, 0.717) is 19.6 Å². The number of hydrogen-bond donors (Lipinski definition) is 2. The van der Waals surface area contributed by atoms with Gasteiger partial charge in [-0.15, -0.1) is 0 Å². The van der Waals surface area contributed by atoms with E-state index in [4.69, 9.17) is 4.74 Å². The van der Waals surface area contributed by atoms with Crippen LogP contribution in [0.5, 0.6) is 5.75 Å². The number of nitrogens with zero attached hydrogens (tertiary/aromatic N) is 1. The molecule has 0 aromatic heterocycles. The van der Waals surface area contributed by atoms with Crippen LogP contribution in [0.3, 0.4) is 0 Å². The number of amides is 4. The summed E-state index contributed by atoms with van der Waals surface area (Å²) in [6.45, 7) is 6.34. The maximum atomic E-state index is 12.9. The Kier molecular flexibility index (Phi) is 5.91. The van der Waals surface area contributed by atoms with Crippen molar-refractivity contribution in [3.63, 3.8) is 0 Å². The van der Waals surface area contributed by atoms with E-state index in [-0.39, 0.29) is 24.3 Å². The van der Waals surface area contributed by atoms with E-state index in [1.807, 2.05) is 39.0 Å². The SMILES string of the molecule is Cc1ccc(OCCNC(=O)CN2C(=O)N[C@@]3(CCCC[C@H]3C)C2=O)c(C)c1. The van der Waals surface area contributed by atoms with Crippen LogP contribution in [0.2, 0.25) is 0 Å². The van der Waals surface area contributed by atoms with Gasteiger partial charge < -0.3 is 15.4 Å². The van der Waals surface area contributed by atoms with Gasteiger partial charge in [-0.2, -0.15) is 0 Å². The predicted octanol–water partition coefficient (Wildman–Crippen LogP) is 2.30. The Balaban J connectivity index is 1.48. The lowest BCUT2D eigenvalue weighted by Gasteiger charge is -2.36. The molecule has 1 aromatic carbocycles. The molecule has 2 N–H and O–H groups in total. The molecule has 4 amide bonds. The van der Waals surface area contributed by atoms with Gasteiger partial charge >= 0.3 is 6.03 Å². The molecule has 3 rings (SSSR count). The molecule has 2 atom stereocenters. The van der Waals surface area contributed by atoms with Crippen molar-refractivity contribution in [1.29, 1.82) is 0 Å². The number of nitrogens with one attached hydrogen (secondary N) is 2. The Morgan fingerprint density at radius 3 is 2.82 bits per heavy atom. The molecular weight excluding hydrogens is 358 g/mol. The summed E-state index contributed by atoms with van der Waals surface area (Å²) in [5.41, 5.74) is 1.37. The summed E-state index contributed by atoms with van der Waals surface area (Å²) >= 11 is 0. The smallest absolute Gasteiger partial charge is 0.325 e. The molecule has 1 spiro atoms. The van der Waals surface area contributed by atoms with E-state index in [9.17, 15) is 14.4 Å². The van der Waals surface area contributed by atoms with Crippen molar-refractivity contribution in [3.05, 3.63) is 29.3 Å². The Bertz CT molecular complexity index is 779. The molecule has 7 heteroatoms. The number of ether oxygens (including phenoxy) is 1. The van der Waals surface area contributed by atoms with Gasteiger partial charge in [-0.05, 0) is 44.2 Å². The summed E-state index contributed by atoms with van der Waals surface area (Å²) in [4.78, 5) is 38.4. The van der Waals surface area contributed by atoms with Crippen molar-refractivity contribution in [3.8, 4) is 5.75 Å². The van der Waals surface area contributed by atoms with Crippen LogP contribution in [-0.2, 0) is 9.59 Å². The number of benzene rings is 1. The molecule has 1 aromatic rings. The molecular formula is C21H29N3O4. The van der Waals surface area contributed by atoms with Crippen molar-refractivity contribution in [1.82, 2.24) is 15.5 Å². The van der Waals surface area contributed by atoms with Crippen LogP contribution in [0.4, 0.5) is 4.79 Å². The highest BCUT2D eigenvalue weighted by molar-refractivity contribution is 6.09. The second-order valence-electron chi connectivity index (χ2n) is 7.91. The van der Waals surface area contributed by atoms with Gasteiger partial charge in [0.15, 0.2) is 0 Å². The normalized spacial score (nSPS) is 24.4. The quantitative estimate of drug-likeness (QED) is 0.579. The Morgan fingerprint density at radius 1 is 1.32 bits per heavy atom. The summed E-state index contributed by atoms with van der Waals surface area (Å²) in [6.07, 6.45) is 3.52. The fourth-order valence-corrected chi connectivity index (χ4v) is 4.15. The van der Waals surface area contributed by atoms with E-state index in [0.717, 1.165) is 41.0 Å². The third-order valence-electron chi connectivity index (χ3n) is 5.82. The summed E-state index contributed by atoms with van der Waals surface area (Å²) in [5, 5.41) is 5.57. The Hall–Kier alpha value is -2.57. The van der Waals surface area contributed by atoms with Crippen LogP contribution >= 0.6 is 0 Å². The van der Waals surface area contributed by atoms with Gasteiger partial charge in [-0.3, -0.25) is 14.5 Å². The summed E-state index contributed by atoms with van der Waals surface area (Å²) in [7, 11) is 0. The zero-order chi connectivity index (χ0) is 20.3. The highest BCUT2D eigenvalue weighted by Gasteiger charge is 2.55. The molecule has 0 radical (unpaired) electrons. The lowest BCUT2D eigenvalue weighted by Crippen LogP contribution is -2.54. The maximum Gasteiger partial charge on any atom is 0.325 e. The van der Waals surface area contributed by atoms with Crippen LogP contribution in [0.1, 0.15) is 43.7 Å². The summed E-state index contributed by atoms with van der Waals surface area (Å²) in [5.74, 6) is 0.221. The van der Waals surface area contributed by atoms with Gasteiger partial charge in [-0.1, -0.05) is 37.5 Å². The first-order valence-corrected chi connectivity index (χ1v) is 9.94. The van der Waals surface area contributed by atoms with E-state index in [1.54, 1.807) is 0 Å². The molecule has 7 nitrogen and oxygen atoms in total. The molecule has 0 bridgehead atoms. The van der Waals surface area contributed by atoms with Gasteiger partial charge in [0.1, 0.15) is 24.4 Å². The van der Waals surface area contributed by atoms with Gasteiger partial charge in [0, 0.05) is 0 Å². The van der Waals surface area contributed by atoms with Gasteiger partial charge in [0.05, 0.1) is 6.54 Å². The molecule has 1 saturated heterocycles. The largest absolute Gasteiger partial charge is 0.491 e. The number of imide groups is 1. The first-order valence-electron chi connectivity index (χ1n) is 9.94. The third-order valence-corrected chi connectivity index (χ3v) is 5.82. The number of carbonyl (C=O) groups is 3. The minimum atomic E-state index is -0.832. The number of urea groups is 1. The summed E-state index contributed by atoms with van der Waals surface area (Å²) in [6, 6.07) is 5.44. The van der Waals surface area contributed by atoms with Crippen molar-refractivity contribution in [2.45, 2.75) is 52.0 Å². The molecule has 1 saturated carbocycles. The van der Waals surface area contributed by atoms with Crippen LogP contribution in [0.15, 0.2) is 18.2 Å². The fraction of sp³-hybridized carbons (Fsp3) is 0.571. The Morgan fingerprint density at radius 2 is 2.11 bits per heavy atom. The second-order valence-corrected chi connectivity index (χ2v) is 7.91. The summed E-state index contributed by atoms with van der Waals surface area (Å²) < 4.78 is 5.68. The average Bonchev–Trinajstić information content (AvgIpc) is 2.88. The van der Waals surface area contributed by atoms with Crippen LogP contribution in [0, 0.1) is 19.8 Å². The molecule has 28 heavy (non-hydrogen) atoms. The number of aryl methyl sites for hydroxylation is 2. The Labute approximate surface area is 165 Å². The average molecular weight is 387 g/mol. The number of carbonyl (C=O) groups excluding carboxylic acids is 3. The lowest BCUT2D eigenvalue weighted by atomic mass is 9.73. The van der Waals surface area contributed by atoms with Crippen LogP contribution in [0.25, 0.3) is 0 Å². The lowest BCUT2D eigenvalue weighted by molar-refractivity contribution is -0.137. The first-order chi connectivity index (χ1) is 13.3. The molecule has 2 aliphatic rings. The first kappa shape index (κ1) is 20.2. The number of rotatable bonds is 6. The monoisotopic (exact) mass is 387 g/mol. The molecule has 1 aliphatic heterocycles. The van der Waals surface area contributed by atoms with Gasteiger partial charge in [0.2, 0.25) is 5.91 Å². The third kappa shape index (κ3) is 3.98. The van der Waals surface area contributed by atoms with E-state index in [1.165, 1.54) is 0 Å². The predicted molar refractivity (Wildman–Crippen MR) is 105 cm³/mol. The number of hydrogen-bond acceptors (Lipinski definition) is 4. The van der Waals surface area contributed by atoms with Crippen molar-refractivity contribution in [2.24, 2.45) is 5.92 Å². The van der Waals surface area contributed by atoms with Crippen molar-refractivity contribution >= 4 is 17.8 Å². The zero-order valence-corrected chi connectivity index (χ0v) is 16.8. The maximum absolute atomic E-state index is 12.9. The molecule has 1 aliphatic carbocycles. The van der Waals surface area contributed by atoms with E-state index in [2.05, 4.69) is 10.6 Å². The minimum Gasteiger partial charge on any atom is -0.491 e. The molecule has 0 unspecified atom stereocenters. The van der Waals surface area contributed by atoms with Crippen LogP contribution < -0.4 is 15.4 Å². The molecule has 1 heterocycles. The zero-order valence-electron chi connectivity index (χ0n) is 16.8. The highest BCUT2D eigenvalue weighted by Crippen LogP contribution is 2.38. The molecule has 152 valence electrons. The second kappa shape index (κ2) is 8.20. The van der Waals surface area contributed by atoms with Crippen LogP contribution in [-0.4, -0.2) is 48.0 Å². The standard InChI is InChI=1S/C21H29N3O4/c1-14-7-8-17(15(2)12-14)28-11-10-22-18(25)13-24-19(26)21(23-20(24)27)9-5-4-6-16(21)3/h7-8,12,16H,4-6,9-11,13H2,1-3H3,(H,22,25)(H,23,27)/t16-,21-/m1/s1. The van der Waals surface area contributed by atoms with Crippen molar-refractivity contribution in [2.75, 3.05) is 19.7 Å². The van der Waals surface area contributed by atoms with E-state index >= 15 is 0 Å². The topological polar surface area (TPSA) is 87.7 Å². The molecule has 2 fully saturated rings. The minimum absolute atomic E-state index is 0.0805. The van der Waals surface area contributed by atoms with Gasteiger partial charge in [0.25, 0.3) is 5.91 Å². The highest BCUT2D eigenvalue weighted by atomic mass is 16.5. The van der Waals surface area contributed by atoms with Gasteiger partial charge in [-0.25, -0.2) is 4.79 Å². The van der Waals surface area contributed by atoms with Crippen molar-refractivity contribution < 1.29 is 19.1 Å². The fourth-order valence-electron chi connectivity index (χ4n) is 4.15.